The summed E-state index contributed by atoms with van der Waals surface area (Å²) in [5.41, 5.74) is 6.53. The fraction of sp³-hybridized carbons (Fsp3) is 0.385. The molecular formula is C26H31N3O. The minimum absolute atomic E-state index is 0.0891. The van der Waals surface area contributed by atoms with E-state index in [9.17, 15) is 10.1 Å². The van der Waals surface area contributed by atoms with Gasteiger partial charge in [-0.3, -0.25) is 4.79 Å². The Morgan fingerprint density at radius 2 is 1.97 bits per heavy atom. The Morgan fingerprint density at radius 3 is 2.70 bits per heavy atom. The van der Waals surface area contributed by atoms with Crippen LogP contribution in [0.4, 0.5) is 0 Å². The third-order valence-corrected chi connectivity index (χ3v) is 5.74. The van der Waals surface area contributed by atoms with E-state index in [1.165, 1.54) is 41.3 Å². The number of nitrogens with zero attached hydrogens (tertiary/aromatic N) is 1. The maximum Gasteiger partial charge on any atom is 0.263 e. The van der Waals surface area contributed by atoms with Crippen molar-refractivity contribution in [3.05, 3.63) is 82.1 Å². The number of carbonyl (C=O) groups excluding carboxylic acids is 1. The maximum atomic E-state index is 12.7. The Labute approximate surface area is 180 Å². The first kappa shape index (κ1) is 21.6. The minimum Gasteiger partial charge on any atom is -0.389 e. The van der Waals surface area contributed by atoms with Crippen molar-refractivity contribution < 1.29 is 4.79 Å². The van der Waals surface area contributed by atoms with E-state index < -0.39 is 0 Å². The summed E-state index contributed by atoms with van der Waals surface area (Å²) in [7, 11) is 0. The van der Waals surface area contributed by atoms with Crippen LogP contribution in [0.3, 0.4) is 0 Å². The second kappa shape index (κ2) is 10.6. The van der Waals surface area contributed by atoms with Crippen LogP contribution in [-0.2, 0) is 24.1 Å². The minimum atomic E-state index is -0.329. The van der Waals surface area contributed by atoms with Crippen LogP contribution in [0.1, 0.15) is 60.0 Å². The summed E-state index contributed by atoms with van der Waals surface area (Å²) < 4.78 is 0. The molecular weight excluding hydrogens is 370 g/mol. The Bertz CT molecular complexity index is 955. The highest BCUT2D eigenvalue weighted by Gasteiger charge is 2.18. The standard InChI is InChI=1S/C26H31N3O/c1-3-25(23-12-11-21-9-4-5-10-22(21)16-23)29-26(30)24(17-27)18-28-14-13-20-8-6-7-19(2)15-20/h6-8,11-12,15-16,18,25,28H,3-5,9-10,13-14H2,1-2H3,(H,29,30)/b24-18-. The quantitative estimate of drug-likeness (QED) is 0.383. The molecule has 0 spiro atoms. The molecule has 2 aromatic rings. The Hall–Kier alpha value is -3.06. The number of carbonyl (C=O) groups is 1. The largest absolute Gasteiger partial charge is 0.389 e. The molecule has 1 aliphatic rings. The smallest absolute Gasteiger partial charge is 0.263 e. The summed E-state index contributed by atoms with van der Waals surface area (Å²) in [5, 5.41) is 15.6. The highest BCUT2D eigenvalue weighted by atomic mass is 16.1. The van der Waals surface area contributed by atoms with Gasteiger partial charge in [0.15, 0.2) is 0 Å². The van der Waals surface area contributed by atoms with Gasteiger partial charge in [0.05, 0.1) is 6.04 Å². The number of nitriles is 1. The molecule has 1 amide bonds. The monoisotopic (exact) mass is 401 g/mol. The summed E-state index contributed by atoms with van der Waals surface area (Å²) >= 11 is 0. The topological polar surface area (TPSA) is 64.9 Å². The number of nitrogens with one attached hydrogen (secondary N) is 2. The molecule has 0 radical (unpaired) electrons. The number of rotatable bonds is 8. The van der Waals surface area contributed by atoms with E-state index in [2.05, 4.69) is 60.9 Å². The van der Waals surface area contributed by atoms with E-state index in [0.29, 0.717) is 6.54 Å². The SMILES string of the molecule is CCC(NC(=O)/C(C#N)=C\NCCc1cccc(C)c1)c1ccc2c(c1)CCCC2. The summed E-state index contributed by atoms with van der Waals surface area (Å²) in [5.74, 6) is -0.329. The molecule has 0 saturated carbocycles. The van der Waals surface area contributed by atoms with Crippen molar-refractivity contribution >= 4 is 5.91 Å². The molecule has 0 aliphatic heterocycles. The molecule has 2 N–H and O–H groups in total. The van der Waals surface area contributed by atoms with Gasteiger partial charge < -0.3 is 10.6 Å². The first-order chi connectivity index (χ1) is 14.6. The van der Waals surface area contributed by atoms with Crippen LogP contribution in [0.15, 0.2) is 54.2 Å². The van der Waals surface area contributed by atoms with Crippen molar-refractivity contribution in [1.82, 2.24) is 10.6 Å². The van der Waals surface area contributed by atoms with Crippen molar-refractivity contribution in [2.24, 2.45) is 0 Å². The van der Waals surface area contributed by atoms with E-state index in [-0.39, 0.29) is 17.5 Å². The molecule has 1 unspecified atom stereocenters. The van der Waals surface area contributed by atoms with Gasteiger partial charge in [-0.15, -0.1) is 0 Å². The molecule has 0 fully saturated rings. The summed E-state index contributed by atoms with van der Waals surface area (Å²) in [6, 6.07) is 16.8. The second-order valence-electron chi connectivity index (χ2n) is 8.03. The molecule has 1 aliphatic carbocycles. The fourth-order valence-electron chi connectivity index (χ4n) is 4.03. The molecule has 4 nitrogen and oxygen atoms in total. The van der Waals surface area contributed by atoms with Crippen molar-refractivity contribution in [1.29, 1.82) is 5.26 Å². The molecule has 3 rings (SSSR count). The maximum absolute atomic E-state index is 12.7. The van der Waals surface area contributed by atoms with Gasteiger partial charge in [0.25, 0.3) is 5.91 Å². The lowest BCUT2D eigenvalue weighted by Gasteiger charge is -2.21. The summed E-state index contributed by atoms with van der Waals surface area (Å²) in [6.45, 7) is 4.80. The van der Waals surface area contributed by atoms with Crippen LogP contribution in [0.2, 0.25) is 0 Å². The Morgan fingerprint density at radius 1 is 1.17 bits per heavy atom. The number of amides is 1. The van der Waals surface area contributed by atoms with Crippen molar-refractivity contribution in [3.63, 3.8) is 0 Å². The third kappa shape index (κ3) is 5.73. The average molecular weight is 402 g/mol. The van der Waals surface area contributed by atoms with Gasteiger partial charge in [0.2, 0.25) is 0 Å². The Kier molecular flexibility index (Phi) is 7.68. The molecule has 0 bridgehead atoms. The number of benzene rings is 2. The number of aryl methyl sites for hydroxylation is 3. The van der Waals surface area contributed by atoms with E-state index >= 15 is 0 Å². The average Bonchev–Trinajstić information content (AvgIpc) is 2.77. The summed E-state index contributed by atoms with van der Waals surface area (Å²) in [4.78, 5) is 12.7. The molecule has 1 atom stereocenters. The van der Waals surface area contributed by atoms with Crippen LogP contribution >= 0.6 is 0 Å². The highest BCUT2D eigenvalue weighted by Crippen LogP contribution is 2.26. The molecule has 30 heavy (non-hydrogen) atoms. The van der Waals surface area contributed by atoms with Gasteiger partial charge in [-0.05, 0) is 67.7 Å². The van der Waals surface area contributed by atoms with Crippen LogP contribution in [0.25, 0.3) is 0 Å². The van der Waals surface area contributed by atoms with Crippen molar-refractivity contribution in [3.8, 4) is 6.07 Å². The first-order valence-corrected chi connectivity index (χ1v) is 10.9. The second-order valence-corrected chi connectivity index (χ2v) is 8.03. The predicted octanol–water partition coefficient (Wildman–Crippen LogP) is 4.68. The van der Waals surface area contributed by atoms with Gasteiger partial charge >= 0.3 is 0 Å². The van der Waals surface area contributed by atoms with Crippen LogP contribution in [0.5, 0.6) is 0 Å². The lowest BCUT2D eigenvalue weighted by molar-refractivity contribution is -0.117. The molecule has 0 heterocycles. The normalized spacial score (nSPS) is 14.4. The molecule has 2 aromatic carbocycles. The van der Waals surface area contributed by atoms with Gasteiger partial charge in [0, 0.05) is 12.7 Å². The van der Waals surface area contributed by atoms with E-state index in [0.717, 1.165) is 31.2 Å². The van der Waals surface area contributed by atoms with Gasteiger partial charge in [-0.2, -0.15) is 5.26 Å². The first-order valence-electron chi connectivity index (χ1n) is 10.9. The molecule has 0 saturated heterocycles. The van der Waals surface area contributed by atoms with Crippen LogP contribution in [0, 0.1) is 18.3 Å². The highest BCUT2D eigenvalue weighted by molar-refractivity contribution is 5.97. The number of hydrogen-bond acceptors (Lipinski definition) is 3. The predicted molar refractivity (Wildman–Crippen MR) is 121 cm³/mol. The van der Waals surface area contributed by atoms with E-state index in [4.69, 9.17) is 0 Å². The van der Waals surface area contributed by atoms with Gasteiger partial charge in [-0.1, -0.05) is 55.0 Å². The molecule has 4 heteroatoms. The fourth-order valence-corrected chi connectivity index (χ4v) is 4.03. The third-order valence-electron chi connectivity index (χ3n) is 5.74. The zero-order valence-corrected chi connectivity index (χ0v) is 18.0. The summed E-state index contributed by atoms with van der Waals surface area (Å²) in [6.07, 6.45) is 7.90. The number of hydrogen-bond donors (Lipinski definition) is 2. The van der Waals surface area contributed by atoms with Crippen LogP contribution in [-0.4, -0.2) is 12.5 Å². The zero-order chi connectivity index (χ0) is 21.3. The lowest BCUT2D eigenvalue weighted by atomic mass is 9.88. The molecule has 156 valence electrons. The van der Waals surface area contributed by atoms with Crippen molar-refractivity contribution in [2.75, 3.05) is 6.54 Å². The van der Waals surface area contributed by atoms with E-state index in [1.807, 2.05) is 12.1 Å². The number of fused-ring (bicyclic) bond motifs is 1. The molecule has 0 aromatic heterocycles. The van der Waals surface area contributed by atoms with Gasteiger partial charge in [0.1, 0.15) is 11.6 Å². The lowest BCUT2D eigenvalue weighted by Crippen LogP contribution is -2.30. The van der Waals surface area contributed by atoms with Gasteiger partial charge in [-0.25, -0.2) is 0 Å². The van der Waals surface area contributed by atoms with E-state index in [1.54, 1.807) is 0 Å². The zero-order valence-electron chi connectivity index (χ0n) is 18.0. The van der Waals surface area contributed by atoms with Crippen molar-refractivity contribution in [2.45, 2.75) is 58.4 Å². The van der Waals surface area contributed by atoms with Crippen LogP contribution < -0.4 is 10.6 Å². The Balaban J connectivity index is 1.59.